The molecule has 0 saturated heterocycles. The fraction of sp³-hybridized carbons (Fsp3) is 0.688. The van der Waals surface area contributed by atoms with Crippen LogP contribution in [0.25, 0.3) is 0 Å². The van der Waals surface area contributed by atoms with Crippen molar-refractivity contribution >= 4 is 23.2 Å². The normalized spacial score (nSPS) is 12.6. The van der Waals surface area contributed by atoms with Crippen molar-refractivity contribution in [3.8, 4) is 0 Å². The zero-order valence-electron chi connectivity index (χ0n) is 12.6. The second-order valence-electron chi connectivity index (χ2n) is 5.27. The van der Waals surface area contributed by atoms with Crippen molar-refractivity contribution in [2.45, 2.75) is 64.3 Å². The highest BCUT2D eigenvalue weighted by atomic mass is 35.5. The number of halogens is 2. The standard InChI is InChI=1S/C16H26Cl2N2/c1-3-4-5-6-7-8-9-10-15(19-2)16-14(18)11-13(17)12-20-16/h11-12,15,19H,3-10H2,1-2H3. The highest BCUT2D eigenvalue weighted by Gasteiger charge is 2.14. The van der Waals surface area contributed by atoms with Crippen molar-refractivity contribution in [1.29, 1.82) is 0 Å². The van der Waals surface area contributed by atoms with E-state index in [0.29, 0.717) is 10.0 Å². The molecule has 4 heteroatoms. The van der Waals surface area contributed by atoms with Crippen molar-refractivity contribution in [2.24, 2.45) is 0 Å². The van der Waals surface area contributed by atoms with Gasteiger partial charge >= 0.3 is 0 Å². The lowest BCUT2D eigenvalue weighted by molar-refractivity contribution is 0.488. The number of rotatable bonds is 10. The van der Waals surface area contributed by atoms with E-state index < -0.39 is 0 Å². The van der Waals surface area contributed by atoms with Gasteiger partial charge in [0.25, 0.3) is 0 Å². The van der Waals surface area contributed by atoms with E-state index in [1.165, 1.54) is 44.9 Å². The second kappa shape index (κ2) is 10.4. The van der Waals surface area contributed by atoms with Gasteiger partial charge in [-0.05, 0) is 19.5 Å². The first kappa shape index (κ1) is 17.7. The molecule has 114 valence electrons. The average molecular weight is 317 g/mol. The van der Waals surface area contributed by atoms with Gasteiger partial charge in [-0.3, -0.25) is 4.98 Å². The molecule has 1 atom stereocenters. The Balaban J connectivity index is 2.32. The van der Waals surface area contributed by atoms with Gasteiger partial charge in [0.15, 0.2) is 0 Å². The molecular weight excluding hydrogens is 291 g/mol. The Morgan fingerprint density at radius 3 is 2.35 bits per heavy atom. The zero-order chi connectivity index (χ0) is 14.8. The quantitative estimate of drug-likeness (QED) is 0.552. The molecule has 0 aromatic carbocycles. The molecule has 0 bridgehead atoms. The molecule has 0 saturated carbocycles. The highest BCUT2D eigenvalue weighted by molar-refractivity contribution is 6.34. The lowest BCUT2D eigenvalue weighted by Gasteiger charge is -2.17. The van der Waals surface area contributed by atoms with Gasteiger partial charge in [0.2, 0.25) is 0 Å². The molecule has 2 nitrogen and oxygen atoms in total. The molecule has 0 radical (unpaired) electrons. The van der Waals surface area contributed by atoms with Gasteiger partial charge in [-0.15, -0.1) is 0 Å². The van der Waals surface area contributed by atoms with E-state index in [-0.39, 0.29) is 6.04 Å². The number of nitrogens with zero attached hydrogens (tertiary/aromatic N) is 1. The van der Waals surface area contributed by atoms with Gasteiger partial charge in [-0.2, -0.15) is 0 Å². The maximum absolute atomic E-state index is 6.21. The van der Waals surface area contributed by atoms with Crippen LogP contribution in [0.2, 0.25) is 10.0 Å². The smallest absolute Gasteiger partial charge is 0.0760 e. The second-order valence-corrected chi connectivity index (χ2v) is 6.12. The summed E-state index contributed by atoms with van der Waals surface area (Å²) >= 11 is 12.1. The molecule has 0 spiro atoms. The van der Waals surface area contributed by atoms with Gasteiger partial charge in [-0.1, -0.05) is 75.1 Å². The summed E-state index contributed by atoms with van der Waals surface area (Å²) in [5.74, 6) is 0. The lowest BCUT2D eigenvalue weighted by atomic mass is 10.0. The fourth-order valence-corrected chi connectivity index (χ4v) is 2.92. The highest BCUT2D eigenvalue weighted by Crippen LogP contribution is 2.27. The first-order valence-electron chi connectivity index (χ1n) is 7.67. The van der Waals surface area contributed by atoms with Gasteiger partial charge < -0.3 is 5.32 Å². The first-order valence-corrected chi connectivity index (χ1v) is 8.42. The Hall–Kier alpha value is -0.310. The fourth-order valence-electron chi connectivity index (χ4n) is 2.40. The molecule has 0 aliphatic heterocycles. The molecule has 0 fully saturated rings. The van der Waals surface area contributed by atoms with Crippen molar-refractivity contribution < 1.29 is 0 Å². The van der Waals surface area contributed by atoms with Crippen LogP contribution in [0.3, 0.4) is 0 Å². The molecule has 0 aliphatic rings. The molecule has 1 aromatic rings. The third kappa shape index (κ3) is 6.43. The zero-order valence-corrected chi connectivity index (χ0v) is 14.1. The number of hydrogen-bond donors (Lipinski definition) is 1. The summed E-state index contributed by atoms with van der Waals surface area (Å²) in [6, 6.07) is 1.98. The number of pyridine rings is 1. The van der Waals surface area contributed by atoms with E-state index >= 15 is 0 Å². The van der Waals surface area contributed by atoms with Crippen molar-refractivity contribution in [2.75, 3.05) is 7.05 Å². The number of hydrogen-bond acceptors (Lipinski definition) is 2. The van der Waals surface area contributed by atoms with E-state index in [9.17, 15) is 0 Å². The average Bonchev–Trinajstić information content (AvgIpc) is 2.43. The molecular formula is C16H26Cl2N2. The van der Waals surface area contributed by atoms with E-state index in [2.05, 4.69) is 17.2 Å². The summed E-state index contributed by atoms with van der Waals surface area (Å²) in [5, 5.41) is 4.54. The number of unbranched alkanes of at least 4 members (excludes halogenated alkanes) is 6. The topological polar surface area (TPSA) is 24.9 Å². The predicted molar refractivity (Wildman–Crippen MR) is 88.7 cm³/mol. The molecule has 1 rings (SSSR count). The van der Waals surface area contributed by atoms with E-state index in [1.54, 1.807) is 12.3 Å². The van der Waals surface area contributed by atoms with Crippen molar-refractivity contribution in [3.05, 3.63) is 28.0 Å². The monoisotopic (exact) mass is 316 g/mol. The molecule has 0 aliphatic carbocycles. The SMILES string of the molecule is CCCCCCCCCC(NC)c1ncc(Cl)cc1Cl. The minimum Gasteiger partial charge on any atom is -0.312 e. The number of aromatic nitrogens is 1. The lowest BCUT2D eigenvalue weighted by Crippen LogP contribution is -2.18. The summed E-state index contributed by atoms with van der Waals surface area (Å²) in [6.45, 7) is 2.25. The van der Waals surface area contributed by atoms with E-state index in [0.717, 1.165) is 12.1 Å². The summed E-state index contributed by atoms with van der Waals surface area (Å²) in [4.78, 5) is 4.36. The van der Waals surface area contributed by atoms with Crippen molar-refractivity contribution in [3.63, 3.8) is 0 Å². The summed E-state index contributed by atoms with van der Waals surface area (Å²) < 4.78 is 0. The van der Waals surface area contributed by atoms with Gasteiger partial charge in [0, 0.05) is 6.20 Å². The Bertz CT molecular complexity index is 383. The van der Waals surface area contributed by atoms with Crippen LogP contribution in [-0.4, -0.2) is 12.0 Å². The Kier molecular flexibility index (Phi) is 9.24. The molecule has 1 aromatic heterocycles. The van der Waals surface area contributed by atoms with Crippen LogP contribution in [0.4, 0.5) is 0 Å². The Labute approximate surface area is 133 Å². The molecule has 1 heterocycles. The van der Waals surface area contributed by atoms with E-state index in [4.69, 9.17) is 23.2 Å². The van der Waals surface area contributed by atoms with E-state index in [1.807, 2.05) is 7.05 Å². The largest absolute Gasteiger partial charge is 0.312 e. The minimum atomic E-state index is 0.218. The van der Waals surface area contributed by atoms with Gasteiger partial charge in [0.05, 0.1) is 21.8 Å². The van der Waals surface area contributed by atoms with Crippen LogP contribution in [0.5, 0.6) is 0 Å². The Morgan fingerprint density at radius 2 is 1.75 bits per heavy atom. The minimum absolute atomic E-state index is 0.218. The molecule has 0 amide bonds. The first-order chi connectivity index (χ1) is 9.69. The number of nitrogens with one attached hydrogen (secondary N) is 1. The molecule has 1 N–H and O–H groups in total. The third-order valence-electron chi connectivity index (χ3n) is 3.61. The summed E-state index contributed by atoms with van der Waals surface area (Å²) in [7, 11) is 1.96. The maximum atomic E-state index is 6.21. The summed E-state index contributed by atoms with van der Waals surface area (Å²) in [5.41, 5.74) is 0.907. The van der Waals surface area contributed by atoms with Crippen molar-refractivity contribution in [1.82, 2.24) is 10.3 Å². The maximum Gasteiger partial charge on any atom is 0.0760 e. The van der Waals surface area contributed by atoms with Crippen LogP contribution in [0.15, 0.2) is 12.3 Å². The van der Waals surface area contributed by atoms with Crippen LogP contribution in [0, 0.1) is 0 Å². The van der Waals surface area contributed by atoms with Crippen LogP contribution in [0.1, 0.15) is 70.0 Å². The van der Waals surface area contributed by atoms with Gasteiger partial charge in [-0.25, -0.2) is 0 Å². The summed E-state index contributed by atoms with van der Waals surface area (Å²) in [6.07, 6.45) is 12.0. The van der Waals surface area contributed by atoms with Crippen LogP contribution < -0.4 is 5.32 Å². The molecule has 1 unspecified atom stereocenters. The Morgan fingerprint density at radius 1 is 1.10 bits per heavy atom. The predicted octanol–water partition coefficient (Wildman–Crippen LogP) is 5.79. The van der Waals surface area contributed by atoms with Crippen LogP contribution >= 0.6 is 23.2 Å². The third-order valence-corrected chi connectivity index (χ3v) is 4.12. The molecule has 20 heavy (non-hydrogen) atoms. The van der Waals surface area contributed by atoms with Gasteiger partial charge in [0.1, 0.15) is 0 Å². The van der Waals surface area contributed by atoms with Crippen LogP contribution in [-0.2, 0) is 0 Å².